The van der Waals surface area contributed by atoms with Crippen LogP contribution in [0.1, 0.15) is 9.67 Å². The number of ether oxygens (including phenoxy) is 1. The number of rotatable bonds is 1. The number of carbonyl (C=O) groups is 1. The van der Waals surface area contributed by atoms with Gasteiger partial charge in [-0.25, -0.2) is 9.18 Å². The number of halogens is 1. The number of thiophene rings is 1. The lowest BCUT2D eigenvalue weighted by Crippen LogP contribution is -1.97. The fraction of sp³-hybridized carbons (Fsp3) is 0.100. The first kappa shape index (κ1) is 9.92. The molecule has 0 aliphatic heterocycles. The van der Waals surface area contributed by atoms with Gasteiger partial charge in [0.25, 0.3) is 0 Å². The number of aromatic hydroxyl groups is 1. The van der Waals surface area contributed by atoms with E-state index in [1.807, 2.05) is 0 Å². The molecule has 0 fully saturated rings. The summed E-state index contributed by atoms with van der Waals surface area (Å²) in [6.45, 7) is 0. The van der Waals surface area contributed by atoms with Gasteiger partial charge >= 0.3 is 5.97 Å². The van der Waals surface area contributed by atoms with Crippen LogP contribution < -0.4 is 0 Å². The van der Waals surface area contributed by atoms with Crippen molar-refractivity contribution in [2.75, 3.05) is 7.11 Å². The molecule has 2 aromatic rings. The minimum atomic E-state index is -0.617. The van der Waals surface area contributed by atoms with Gasteiger partial charge in [-0.2, -0.15) is 0 Å². The van der Waals surface area contributed by atoms with Crippen LogP contribution in [-0.4, -0.2) is 18.2 Å². The van der Waals surface area contributed by atoms with Crippen LogP contribution in [0.2, 0.25) is 0 Å². The normalized spacial score (nSPS) is 10.5. The third-order valence-corrected chi connectivity index (χ3v) is 3.13. The maximum Gasteiger partial charge on any atom is 0.351 e. The van der Waals surface area contributed by atoms with E-state index >= 15 is 0 Å². The van der Waals surface area contributed by atoms with Crippen molar-refractivity contribution in [3.63, 3.8) is 0 Å². The Balaban J connectivity index is 2.69. The average Bonchev–Trinajstić information content (AvgIpc) is 2.55. The number of benzene rings is 1. The monoisotopic (exact) mass is 226 g/mol. The molecule has 1 N–H and O–H groups in total. The smallest absolute Gasteiger partial charge is 0.351 e. The molecule has 0 unspecified atom stereocenters. The highest BCUT2D eigenvalue weighted by Crippen LogP contribution is 2.37. The van der Waals surface area contributed by atoms with E-state index in [0.717, 1.165) is 11.3 Å². The summed E-state index contributed by atoms with van der Waals surface area (Å²) >= 11 is 1.07. The predicted octanol–water partition coefficient (Wildman–Crippen LogP) is 2.53. The van der Waals surface area contributed by atoms with E-state index in [0.29, 0.717) is 10.1 Å². The highest BCUT2D eigenvalue weighted by atomic mass is 32.1. The second kappa shape index (κ2) is 3.51. The Bertz CT molecular complexity index is 533. The van der Waals surface area contributed by atoms with Gasteiger partial charge in [0.05, 0.1) is 7.11 Å². The average molecular weight is 226 g/mol. The zero-order valence-electron chi connectivity index (χ0n) is 7.78. The van der Waals surface area contributed by atoms with Gasteiger partial charge in [-0.05, 0) is 18.2 Å². The standard InChI is InChI=1S/C10H7FO3S/c1-14-10(13)9-8(12)6-4-5(11)2-3-7(6)15-9/h2-4,12H,1H3. The molecule has 1 aromatic heterocycles. The van der Waals surface area contributed by atoms with Crippen LogP contribution in [0.4, 0.5) is 4.39 Å². The topological polar surface area (TPSA) is 46.5 Å². The fourth-order valence-corrected chi connectivity index (χ4v) is 2.28. The van der Waals surface area contributed by atoms with E-state index in [1.165, 1.54) is 25.3 Å². The maximum absolute atomic E-state index is 12.9. The molecule has 0 saturated heterocycles. The van der Waals surface area contributed by atoms with Crippen molar-refractivity contribution in [1.82, 2.24) is 0 Å². The summed E-state index contributed by atoms with van der Waals surface area (Å²) in [7, 11) is 1.23. The molecule has 1 aromatic carbocycles. The van der Waals surface area contributed by atoms with E-state index in [9.17, 15) is 14.3 Å². The summed E-state index contributed by atoms with van der Waals surface area (Å²) in [4.78, 5) is 11.3. The molecule has 15 heavy (non-hydrogen) atoms. The SMILES string of the molecule is COC(=O)c1sc2ccc(F)cc2c1O. The quantitative estimate of drug-likeness (QED) is 0.760. The van der Waals surface area contributed by atoms with E-state index in [1.54, 1.807) is 0 Å². The predicted molar refractivity (Wildman–Crippen MR) is 54.8 cm³/mol. The molecular formula is C10H7FO3S. The molecule has 0 radical (unpaired) electrons. The second-order valence-electron chi connectivity index (χ2n) is 2.91. The van der Waals surface area contributed by atoms with Crippen LogP contribution in [0.5, 0.6) is 5.75 Å². The molecule has 1 heterocycles. The molecule has 0 bridgehead atoms. The third-order valence-electron chi connectivity index (χ3n) is 1.99. The van der Waals surface area contributed by atoms with Gasteiger partial charge in [0.15, 0.2) is 4.88 Å². The van der Waals surface area contributed by atoms with Gasteiger partial charge < -0.3 is 9.84 Å². The van der Waals surface area contributed by atoms with Crippen LogP contribution in [0, 0.1) is 5.82 Å². The van der Waals surface area contributed by atoms with Crippen LogP contribution in [-0.2, 0) is 4.74 Å². The molecule has 0 aliphatic rings. The Hall–Kier alpha value is -1.62. The summed E-state index contributed by atoms with van der Waals surface area (Å²) < 4.78 is 18.0. The Morgan fingerprint density at radius 3 is 2.93 bits per heavy atom. The summed E-state index contributed by atoms with van der Waals surface area (Å²) in [5.74, 6) is -1.29. The van der Waals surface area contributed by atoms with Crippen LogP contribution in [0.3, 0.4) is 0 Å². The second-order valence-corrected chi connectivity index (χ2v) is 3.96. The Morgan fingerprint density at radius 2 is 2.27 bits per heavy atom. The Morgan fingerprint density at radius 1 is 1.53 bits per heavy atom. The minimum absolute atomic E-state index is 0.0955. The molecule has 0 spiro atoms. The van der Waals surface area contributed by atoms with Crippen LogP contribution in [0.25, 0.3) is 10.1 Å². The van der Waals surface area contributed by atoms with Crippen LogP contribution in [0.15, 0.2) is 18.2 Å². The lowest BCUT2D eigenvalue weighted by molar-refractivity contribution is 0.0603. The summed E-state index contributed by atoms with van der Waals surface area (Å²) in [6, 6.07) is 3.98. The molecule has 0 atom stereocenters. The Kier molecular flexibility index (Phi) is 2.32. The van der Waals surface area contributed by atoms with Gasteiger partial charge in [0.2, 0.25) is 0 Å². The molecule has 0 aliphatic carbocycles. The van der Waals surface area contributed by atoms with Crippen molar-refractivity contribution in [3.05, 3.63) is 28.9 Å². The van der Waals surface area contributed by atoms with E-state index < -0.39 is 11.8 Å². The number of fused-ring (bicyclic) bond motifs is 1. The zero-order valence-corrected chi connectivity index (χ0v) is 8.60. The number of carbonyl (C=O) groups excluding carboxylic acids is 1. The lowest BCUT2D eigenvalue weighted by atomic mass is 10.2. The summed E-state index contributed by atoms with van der Waals surface area (Å²) in [5.41, 5.74) is 0. The number of hydrogen-bond donors (Lipinski definition) is 1. The molecule has 0 amide bonds. The lowest BCUT2D eigenvalue weighted by Gasteiger charge is -1.94. The molecule has 2 rings (SSSR count). The van der Waals surface area contributed by atoms with Crippen molar-refractivity contribution >= 4 is 27.4 Å². The van der Waals surface area contributed by atoms with Gasteiger partial charge in [0.1, 0.15) is 11.6 Å². The Labute approximate surface area is 88.7 Å². The van der Waals surface area contributed by atoms with E-state index in [2.05, 4.69) is 4.74 Å². The largest absolute Gasteiger partial charge is 0.505 e. The first-order valence-electron chi connectivity index (χ1n) is 4.13. The van der Waals surface area contributed by atoms with Crippen molar-refractivity contribution in [2.45, 2.75) is 0 Å². The van der Waals surface area contributed by atoms with Crippen molar-refractivity contribution < 1.29 is 19.0 Å². The first-order chi connectivity index (χ1) is 7.13. The van der Waals surface area contributed by atoms with E-state index in [4.69, 9.17) is 0 Å². The zero-order chi connectivity index (χ0) is 11.0. The maximum atomic E-state index is 12.9. The third kappa shape index (κ3) is 1.55. The van der Waals surface area contributed by atoms with Crippen LogP contribution >= 0.6 is 11.3 Å². The molecule has 3 nitrogen and oxygen atoms in total. The van der Waals surface area contributed by atoms with Gasteiger partial charge in [-0.1, -0.05) is 0 Å². The molecule has 5 heteroatoms. The summed E-state index contributed by atoms with van der Waals surface area (Å²) in [6.07, 6.45) is 0. The molecule has 0 saturated carbocycles. The minimum Gasteiger partial charge on any atom is -0.505 e. The highest BCUT2D eigenvalue weighted by molar-refractivity contribution is 7.21. The van der Waals surface area contributed by atoms with E-state index in [-0.39, 0.29) is 10.6 Å². The molecule has 78 valence electrons. The number of methoxy groups -OCH3 is 1. The number of esters is 1. The first-order valence-corrected chi connectivity index (χ1v) is 4.94. The fourth-order valence-electron chi connectivity index (χ4n) is 1.29. The number of hydrogen-bond acceptors (Lipinski definition) is 4. The molecular weight excluding hydrogens is 219 g/mol. The van der Waals surface area contributed by atoms with Gasteiger partial charge in [0, 0.05) is 10.1 Å². The van der Waals surface area contributed by atoms with Gasteiger partial charge in [-0.3, -0.25) is 0 Å². The van der Waals surface area contributed by atoms with Crippen molar-refractivity contribution in [3.8, 4) is 5.75 Å². The summed E-state index contributed by atoms with van der Waals surface area (Å²) in [5, 5.41) is 9.99. The highest BCUT2D eigenvalue weighted by Gasteiger charge is 2.18. The van der Waals surface area contributed by atoms with Crippen molar-refractivity contribution in [2.24, 2.45) is 0 Å². The van der Waals surface area contributed by atoms with Crippen molar-refractivity contribution in [1.29, 1.82) is 0 Å². The van der Waals surface area contributed by atoms with Gasteiger partial charge in [-0.15, -0.1) is 11.3 Å².